The topological polar surface area (TPSA) is 0 Å². The van der Waals surface area contributed by atoms with E-state index in [1.54, 1.807) is 0 Å². The second-order valence-electron chi connectivity index (χ2n) is 0. The summed E-state index contributed by atoms with van der Waals surface area (Å²) in [6, 6.07) is 0. The number of rotatable bonds is 0. The van der Waals surface area contributed by atoms with Crippen LogP contribution in [0.3, 0.4) is 0 Å². The van der Waals surface area contributed by atoms with Gasteiger partial charge in [-0.25, -0.2) is 0 Å². The molecular formula is C2H8SiZn. The van der Waals surface area contributed by atoms with Crippen LogP contribution in [0.2, 0.25) is 0 Å². The zero-order chi connectivity index (χ0) is 2.00. The molecule has 0 saturated carbocycles. The van der Waals surface area contributed by atoms with Crippen molar-refractivity contribution in [2.45, 2.75) is 0 Å². The van der Waals surface area contributed by atoms with Gasteiger partial charge in [-0.15, -0.1) is 13.2 Å². The molecule has 0 aromatic heterocycles. The van der Waals surface area contributed by atoms with Crippen LogP contribution in [0.25, 0.3) is 0 Å². The van der Waals surface area contributed by atoms with Crippen molar-refractivity contribution in [3.8, 4) is 0 Å². The summed E-state index contributed by atoms with van der Waals surface area (Å²) in [5, 5.41) is 0. The Balaban J connectivity index is -0.00000000500. The van der Waals surface area contributed by atoms with E-state index in [1.807, 2.05) is 0 Å². The van der Waals surface area contributed by atoms with Crippen molar-refractivity contribution in [3.05, 3.63) is 13.2 Å². The predicted octanol–water partition coefficient (Wildman–Crippen LogP) is -0.652. The Hall–Kier alpha value is 0.580. The van der Waals surface area contributed by atoms with Crippen LogP contribution in [-0.4, -0.2) is 11.0 Å². The summed E-state index contributed by atoms with van der Waals surface area (Å²) in [6.45, 7) is 6.00. The molecule has 4 heavy (non-hydrogen) atoms. The Morgan fingerprint density at radius 1 is 1.00 bits per heavy atom. The van der Waals surface area contributed by atoms with Crippen LogP contribution in [-0.2, 0) is 19.5 Å². The molecule has 0 amide bonds. The molecule has 2 heteroatoms. The van der Waals surface area contributed by atoms with Gasteiger partial charge in [-0.1, -0.05) is 0 Å². The van der Waals surface area contributed by atoms with Crippen LogP contribution in [0.5, 0.6) is 0 Å². The molecule has 22 valence electrons. The predicted molar refractivity (Wildman–Crippen MR) is 22.6 cm³/mol. The van der Waals surface area contributed by atoms with Crippen LogP contribution < -0.4 is 0 Å². The molecule has 0 heterocycles. The van der Waals surface area contributed by atoms with E-state index in [9.17, 15) is 0 Å². The molecule has 0 aliphatic carbocycles. The van der Waals surface area contributed by atoms with E-state index in [1.165, 1.54) is 0 Å². The average Bonchev–Trinajstić information content (AvgIpc) is 1.00. The SMILES string of the molecule is C=C.[SiH4].[Zn]. The minimum absolute atomic E-state index is 0. The first kappa shape index (κ1) is 23.5. The third-order valence-corrected chi connectivity index (χ3v) is 0. The quantitative estimate of drug-likeness (QED) is 0.298. The Morgan fingerprint density at radius 2 is 1.00 bits per heavy atom. The van der Waals surface area contributed by atoms with E-state index in [-0.39, 0.29) is 30.4 Å². The van der Waals surface area contributed by atoms with Gasteiger partial charge in [0.05, 0.1) is 0 Å². The molecular weight excluding hydrogens is 117 g/mol. The van der Waals surface area contributed by atoms with Gasteiger partial charge in [-0.3, -0.25) is 0 Å². The Bertz CT molecular complexity index is 6.00. The van der Waals surface area contributed by atoms with Crippen molar-refractivity contribution in [2.75, 3.05) is 0 Å². The van der Waals surface area contributed by atoms with Crippen LogP contribution in [0.15, 0.2) is 13.2 Å². The largest absolute Gasteiger partial charge is 0.106 e. The zero-order valence-electron chi connectivity index (χ0n) is 2.12. The summed E-state index contributed by atoms with van der Waals surface area (Å²) < 4.78 is 0. The van der Waals surface area contributed by atoms with E-state index < -0.39 is 0 Å². The van der Waals surface area contributed by atoms with Gasteiger partial charge in [0.25, 0.3) is 0 Å². The molecule has 0 aliphatic rings. The van der Waals surface area contributed by atoms with Crippen molar-refractivity contribution < 1.29 is 19.5 Å². The summed E-state index contributed by atoms with van der Waals surface area (Å²) in [5.41, 5.74) is 0. The van der Waals surface area contributed by atoms with Crippen LogP contribution in [0.1, 0.15) is 0 Å². The fourth-order valence-electron chi connectivity index (χ4n) is 0. The fourth-order valence-corrected chi connectivity index (χ4v) is 0. The Labute approximate surface area is 44.1 Å². The van der Waals surface area contributed by atoms with E-state index in [2.05, 4.69) is 13.2 Å². The fraction of sp³-hybridized carbons (Fsp3) is 0. The van der Waals surface area contributed by atoms with Gasteiger partial charge in [-0.2, -0.15) is 0 Å². The Kier molecular flexibility index (Phi) is 416. The summed E-state index contributed by atoms with van der Waals surface area (Å²) in [4.78, 5) is 0. The van der Waals surface area contributed by atoms with Crippen molar-refractivity contribution in [1.29, 1.82) is 0 Å². The molecule has 0 unspecified atom stereocenters. The normalized spacial score (nSPS) is 1.00. The van der Waals surface area contributed by atoms with Gasteiger partial charge in [-0.05, 0) is 11.0 Å². The van der Waals surface area contributed by atoms with Crippen LogP contribution >= 0.6 is 0 Å². The van der Waals surface area contributed by atoms with E-state index >= 15 is 0 Å². The molecule has 0 N–H and O–H groups in total. The van der Waals surface area contributed by atoms with Gasteiger partial charge in [0.15, 0.2) is 0 Å². The van der Waals surface area contributed by atoms with E-state index in [0.717, 1.165) is 0 Å². The maximum absolute atomic E-state index is 3.00. The van der Waals surface area contributed by atoms with Gasteiger partial charge in [0, 0.05) is 19.5 Å². The van der Waals surface area contributed by atoms with Gasteiger partial charge in [0.2, 0.25) is 0 Å². The molecule has 0 atom stereocenters. The first-order chi connectivity index (χ1) is 1.00. The third-order valence-electron chi connectivity index (χ3n) is 0. The van der Waals surface area contributed by atoms with Gasteiger partial charge < -0.3 is 0 Å². The van der Waals surface area contributed by atoms with Crippen molar-refractivity contribution in [3.63, 3.8) is 0 Å². The van der Waals surface area contributed by atoms with Gasteiger partial charge in [0.1, 0.15) is 0 Å². The summed E-state index contributed by atoms with van der Waals surface area (Å²) in [5.74, 6) is 0. The van der Waals surface area contributed by atoms with Crippen molar-refractivity contribution in [2.24, 2.45) is 0 Å². The minimum atomic E-state index is 0. The molecule has 0 radical (unpaired) electrons. The van der Waals surface area contributed by atoms with Crippen LogP contribution in [0, 0.1) is 0 Å². The first-order valence-electron chi connectivity index (χ1n) is 0.500. The molecule has 0 bridgehead atoms. The standard InChI is InChI=1S/C2H4.H4Si.Zn/c1-2;;/h1-2H2;1H4;. The second-order valence-corrected chi connectivity index (χ2v) is 0. The van der Waals surface area contributed by atoms with Crippen LogP contribution in [0.4, 0.5) is 0 Å². The molecule has 0 nitrogen and oxygen atoms in total. The minimum Gasteiger partial charge on any atom is -0.106 e. The molecule has 0 spiro atoms. The average molecular weight is 126 g/mol. The molecule has 0 fully saturated rings. The molecule has 0 saturated heterocycles. The summed E-state index contributed by atoms with van der Waals surface area (Å²) >= 11 is 0. The smallest absolute Gasteiger partial charge is 0 e. The third kappa shape index (κ3) is 19.1. The summed E-state index contributed by atoms with van der Waals surface area (Å²) in [6.07, 6.45) is 0. The summed E-state index contributed by atoms with van der Waals surface area (Å²) in [7, 11) is 0. The van der Waals surface area contributed by atoms with Crippen molar-refractivity contribution >= 4 is 11.0 Å². The maximum Gasteiger partial charge on any atom is 0 e. The first-order valence-corrected chi connectivity index (χ1v) is 0.500. The number of hydrogen-bond donors (Lipinski definition) is 0. The number of hydrogen-bond acceptors (Lipinski definition) is 0. The molecule has 0 aliphatic heterocycles. The molecule has 0 aromatic carbocycles. The monoisotopic (exact) mass is 124 g/mol. The maximum atomic E-state index is 3.00. The zero-order valence-corrected chi connectivity index (χ0v) is 5.09. The molecule has 0 rings (SSSR count). The van der Waals surface area contributed by atoms with Gasteiger partial charge >= 0.3 is 0 Å². The second kappa shape index (κ2) is 70.8. The van der Waals surface area contributed by atoms with E-state index in [0.29, 0.717) is 0 Å². The Morgan fingerprint density at radius 3 is 1.00 bits per heavy atom. The van der Waals surface area contributed by atoms with E-state index in [4.69, 9.17) is 0 Å². The van der Waals surface area contributed by atoms with Crippen molar-refractivity contribution in [1.82, 2.24) is 0 Å². The molecule has 0 aromatic rings.